The number of aromatic amines is 1. The molecule has 1 aromatic heterocycles. The van der Waals surface area contributed by atoms with Gasteiger partial charge in [0.25, 0.3) is 0 Å². The number of ether oxygens (including phenoxy) is 1. The fourth-order valence-corrected chi connectivity index (χ4v) is 2.74. The first kappa shape index (κ1) is 13.9. The molecule has 0 aliphatic rings. The molecule has 0 bridgehead atoms. The van der Waals surface area contributed by atoms with Crippen LogP contribution in [0.15, 0.2) is 12.3 Å². The number of rotatable bonds is 4. The van der Waals surface area contributed by atoms with Crippen molar-refractivity contribution in [3.05, 3.63) is 39.7 Å². The fourth-order valence-electron chi connectivity index (χ4n) is 2.48. The van der Waals surface area contributed by atoms with Crippen molar-refractivity contribution in [2.24, 2.45) is 0 Å². The van der Waals surface area contributed by atoms with E-state index in [4.69, 9.17) is 16.3 Å². The second-order valence-electron chi connectivity index (χ2n) is 4.81. The smallest absolute Gasteiger partial charge is 0.125 e. The van der Waals surface area contributed by atoms with Crippen LogP contribution in [0.3, 0.4) is 0 Å². The number of halogens is 1. The van der Waals surface area contributed by atoms with Crippen molar-refractivity contribution in [3.63, 3.8) is 0 Å². The summed E-state index contributed by atoms with van der Waals surface area (Å²) >= 11 is 6.28. The number of aromatic nitrogens is 3. The maximum absolute atomic E-state index is 6.28. The Morgan fingerprint density at radius 1 is 1.42 bits per heavy atom. The summed E-state index contributed by atoms with van der Waals surface area (Å²) in [6.07, 6.45) is 2.54. The van der Waals surface area contributed by atoms with Crippen molar-refractivity contribution in [2.45, 2.75) is 33.1 Å². The third-order valence-corrected chi connectivity index (χ3v) is 3.78. The second kappa shape index (κ2) is 5.61. The quantitative estimate of drug-likeness (QED) is 0.933. The maximum atomic E-state index is 6.28. The molecule has 1 heterocycles. The van der Waals surface area contributed by atoms with E-state index >= 15 is 0 Å². The first-order valence-electron chi connectivity index (χ1n) is 6.22. The average molecular weight is 280 g/mol. The Balaban J connectivity index is 2.42. The van der Waals surface area contributed by atoms with Crippen molar-refractivity contribution in [1.82, 2.24) is 15.4 Å². The first-order valence-corrected chi connectivity index (χ1v) is 6.60. The Morgan fingerprint density at radius 2 is 2.16 bits per heavy atom. The molecule has 102 valence electrons. The van der Waals surface area contributed by atoms with Crippen LogP contribution in [-0.4, -0.2) is 22.5 Å². The number of H-pyrrole nitrogens is 1. The van der Waals surface area contributed by atoms with Crippen LogP contribution in [0.5, 0.6) is 5.75 Å². The van der Waals surface area contributed by atoms with Gasteiger partial charge in [0.05, 0.1) is 19.0 Å². The van der Waals surface area contributed by atoms with Gasteiger partial charge in [-0.1, -0.05) is 18.5 Å². The van der Waals surface area contributed by atoms with E-state index in [0.29, 0.717) is 0 Å². The van der Waals surface area contributed by atoms with Gasteiger partial charge in [0.1, 0.15) is 5.75 Å². The van der Waals surface area contributed by atoms with E-state index in [2.05, 4.69) is 22.3 Å². The Bertz CT molecular complexity index is 567. The largest absolute Gasteiger partial charge is 0.496 e. The molecular weight excluding hydrogens is 262 g/mol. The molecule has 0 spiro atoms. The minimum Gasteiger partial charge on any atom is -0.496 e. The highest BCUT2D eigenvalue weighted by atomic mass is 35.5. The Labute approximate surface area is 118 Å². The van der Waals surface area contributed by atoms with Crippen LogP contribution in [0.1, 0.15) is 35.2 Å². The van der Waals surface area contributed by atoms with Crippen molar-refractivity contribution in [3.8, 4) is 5.75 Å². The van der Waals surface area contributed by atoms with E-state index in [0.717, 1.165) is 39.6 Å². The molecule has 1 aromatic carbocycles. The topological polar surface area (TPSA) is 50.8 Å². The lowest BCUT2D eigenvalue weighted by Crippen LogP contribution is -2.06. The average Bonchev–Trinajstić information content (AvgIpc) is 2.85. The third kappa shape index (κ3) is 2.73. The molecule has 0 radical (unpaired) electrons. The number of methoxy groups -OCH3 is 1. The minimum atomic E-state index is 0.262. The predicted octanol–water partition coefficient (Wildman–Crippen LogP) is 3.43. The minimum absolute atomic E-state index is 0.262. The summed E-state index contributed by atoms with van der Waals surface area (Å²) in [6.45, 7) is 6.19. The fraction of sp³-hybridized carbons (Fsp3) is 0.429. The predicted molar refractivity (Wildman–Crippen MR) is 76.0 cm³/mol. The van der Waals surface area contributed by atoms with Gasteiger partial charge in [-0.2, -0.15) is 15.4 Å². The summed E-state index contributed by atoms with van der Waals surface area (Å²) in [4.78, 5) is 0. The lowest BCUT2D eigenvalue weighted by molar-refractivity contribution is 0.402. The van der Waals surface area contributed by atoms with Crippen LogP contribution >= 0.6 is 11.6 Å². The van der Waals surface area contributed by atoms with Crippen LogP contribution < -0.4 is 4.74 Å². The van der Waals surface area contributed by atoms with Crippen LogP contribution in [-0.2, 0) is 6.42 Å². The van der Waals surface area contributed by atoms with Crippen molar-refractivity contribution in [2.75, 3.05) is 7.11 Å². The van der Waals surface area contributed by atoms with Gasteiger partial charge in [0, 0.05) is 10.6 Å². The van der Waals surface area contributed by atoms with Crippen molar-refractivity contribution < 1.29 is 4.74 Å². The van der Waals surface area contributed by atoms with E-state index in [1.165, 1.54) is 0 Å². The molecule has 19 heavy (non-hydrogen) atoms. The SMILES string of the molecule is COc1c(C)cc(Cl)c(C)c1C(C)Cc1cn[nH]n1. The second-order valence-corrected chi connectivity index (χ2v) is 5.22. The maximum Gasteiger partial charge on any atom is 0.125 e. The summed E-state index contributed by atoms with van der Waals surface area (Å²) in [5, 5.41) is 11.4. The number of hydrogen-bond donors (Lipinski definition) is 1. The van der Waals surface area contributed by atoms with Gasteiger partial charge in [0.15, 0.2) is 0 Å². The van der Waals surface area contributed by atoms with E-state index in [9.17, 15) is 0 Å². The monoisotopic (exact) mass is 279 g/mol. The summed E-state index contributed by atoms with van der Waals surface area (Å²) in [7, 11) is 1.70. The van der Waals surface area contributed by atoms with Crippen LogP contribution in [0.2, 0.25) is 5.02 Å². The summed E-state index contributed by atoms with van der Waals surface area (Å²) in [6, 6.07) is 1.95. The summed E-state index contributed by atoms with van der Waals surface area (Å²) < 4.78 is 5.55. The molecule has 2 rings (SSSR count). The molecule has 0 saturated heterocycles. The zero-order valence-corrected chi connectivity index (χ0v) is 12.4. The van der Waals surface area contributed by atoms with Gasteiger partial charge in [0.2, 0.25) is 0 Å². The zero-order valence-electron chi connectivity index (χ0n) is 11.6. The van der Waals surface area contributed by atoms with E-state index in [-0.39, 0.29) is 5.92 Å². The third-order valence-electron chi connectivity index (χ3n) is 3.39. The Kier molecular flexibility index (Phi) is 4.10. The standard InChI is InChI=1S/C14H18ClN3O/c1-8(5-11-7-16-18-17-11)13-10(3)12(15)6-9(2)14(13)19-4/h6-8H,5H2,1-4H3,(H,16,17,18). The summed E-state index contributed by atoms with van der Waals surface area (Å²) in [5.41, 5.74) is 4.21. The highest BCUT2D eigenvalue weighted by Gasteiger charge is 2.19. The number of aryl methyl sites for hydroxylation is 1. The highest BCUT2D eigenvalue weighted by Crippen LogP contribution is 2.37. The zero-order chi connectivity index (χ0) is 14.0. The normalized spacial score (nSPS) is 12.5. The molecule has 0 aliphatic heterocycles. The van der Waals surface area contributed by atoms with Gasteiger partial charge >= 0.3 is 0 Å². The number of nitrogens with zero attached hydrogens (tertiary/aromatic N) is 2. The molecular formula is C14H18ClN3O. The molecule has 1 atom stereocenters. The lowest BCUT2D eigenvalue weighted by Gasteiger charge is -2.20. The van der Waals surface area contributed by atoms with Gasteiger partial charge < -0.3 is 4.74 Å². The summed E-state index contributed by atoms with van der Waals surface area (Å²) in [5.74, 6) is 1.18. The Morgan fingerprint density at radius 3 is 2.74 bits per heavy atom. The van der Waals surface area contributed by atoms with Gasteiger partial charge in [-0.3, -0.25) is 0 Å². The number of hydrogen-bond acceptors (Lipinski definition) is 3. The lowest BCUT2D eigenvalue weighted by atomic mass is 9.90. The molecule has 1 N–H and O–H groups in total. The molecule has 0 aliphatic carbocycles. The van der Waals surface area contributed by atoms with Crippen molar-refractivity contribution in [1.29, 1.82) is 0 Å². The van der Waals surface area contributed by atoms with Gasteiger partial charge in [-0.05, 0) is 43.4 Å². The number of benzene rings is 1. The highest BCUT2D eigenvalue weighted by molar-refractivity contribution is 6.31. The van der Waals surface area contributed by atoms with Gasteiger partial charge in [-0.25, -0.2) is 0 Å². The van der Waals surface area contributed by atoms with E-state index < -0.39 is 0 Å². The van der Waals surface area contributed by atoms with E-state index in [1.54, 1.807) is 13.3 Å². The molecule has 1 unspecified atom stereocenters. The molecule has 0 saturated carbocycles. The Hall–Kier alpha value is -1.55. The number of nitrogens with one attached hydrogen (secondary N) is 1. The molecule has 4 nitrogen and oxygen atoms in total. The molecule has 0 fully saturated rings. The molecule has 0 amide bonds. The van der Waals surface area contributed by atoms with Gasteiger partial charge in [-0.15, -0.1) is 0 Å². The van der Waals surface area contributed by atoms with Crippen LogP contribution in [0, 0.1) is 13.8 Å². The first-order chi connectivity index (χ1) is 9.04. The van der Waals surface area contributed by atoms with Crippen molar-refractivity contribution >= 4 is 11.6 Å². The van der Waals surface area contributed by atoms with Crippen LogP contribution in [0.25, 0.3) is 0 Å². The van der Waals surface area contributed by atoms with Crippen LogP contribution in [0.4, 0.5) is 0 Å². The molecule has 2 aromatic rings. The molecule has 5 heteroatoms. The van der Waals surface area contributed by atoms with E-state index in [1.807, 2.05) is 19.9 Å².